The number of carbonyl (C=O) groups excluding carboxylic acids is 2. The van der Waals surface area contributed by atoms with Crippen molar-refractivity contribution in [2.45, 2.75) is 26.3 Å². The molecule has 0 aliphatic heterocycles. The van der Waals surface area contributed by atoms with E-state index >= 15 is 0 Å². The minimum atomic E-state index is -0.757. The van der Waals surface area contributed by atoms with Gasteiger partial charge in [0.05, 0.1) is 11.1 Å². The predicted molar refractivity (Wildman–Crippen MR) is 104 cm³/mol. The second kappa shape index (κ2) is 9.88. The lowest BCUT2D eigenvalue weighted by Crippen LogP contribution is -2.32. The number of halogens is 2. The molecule has 0 aliphatic carbocycles. The third kappa shape index (κ3) is 6.22. The quantitative estimate of drug-likeness (QED) is 0.555. The molecule has 0 radical (unpaired) electrons. The Morgan fingerprint density at radius 1 is 1.22 bits per heavy atom. The van der Waals surface area contributed by atoms with Crippen molar-refractivity contribution in [3.8, 4) is 0 Å². The zero-order valence-corrected chi connectivity index (χ0v) is 15.9. The van der Waals surface area contributed by atoms with Gasteiger partial charge in [0, 0.05) is 11.6 Å². The summed E-state index contributed by atoms with van der Waals surface area (Å²) in [6.45, 7) is 3.53. The van der Waals surface area contributed by atoms with Crippen molar-refractivity contribution in [3.05, 3.63) is 76.1 Å². The molecule has 4 nitrogen and oxygen atoms in total. The average Bonchev–Trinajstić information content (AvgIpc) is 2.65. The number of amides is 1. The van der Waals surface area contributed by atoms with E-state index in [0.717, 1.165) is 17.2 Å². The number of hydrogen-bond donors (Lipinski definition) is 1. The smallest absolute Gasteiger partial charge is 0.331 e. The van der Waals surface area contributed by atoms with Gasteiger partial charge in [-0.1, -0.05) is 54.4 Å². The third-order valence-corrected chi connectivity index (χ3v) is 4.28. The Labute approximate surface area is 163 Å². The van der Waals surface area contributed by atoms with Gasteiger partial charge >= 0.3 is 5.97 Å². The van der Waals surface area contributed by atoms with Crippen LogP contribution in [0.1, 0.15) is 36.1 Å². The molecule has 0 unspecified atom stereocenters. The Morgan fingerprint density at radius 3 is 2.56 bits per heavy atom. The lowest BCUT2D eigenvalue weighted by atomic mass is 10.0. The zero-order valence-electron chi connectivity index (χ0n) is 15.2. The van der Waals surface area contributed by atoms with Gasteiger partial charge in [-0.15, -0.1) is 0 Å². The van der Waals surface area contributed by atoms with Crippen molar-refractivity contribution in [1.82, 2.24) is 5.32 Å². The first-order valence-electron chi connectivity index (χ1n) is 8.55. The Morgan fingerprint density at radius 2 is 1.93 bits per heavy atom. The van der Waals surface area contributed by atoms with Crippen LogP contribution in [-0.4, -0.2) is 18.5 Å². The second-order valence-electron chi connectivity index (χ2n) is 6.02. The summed E-state index contributed by atoms with van der Waals surface area (Å²) in [6.07, 6.45) is 2.96. The molecule has 142 valence electrons. The molecule has 0 aliphatic rings. The lowest BCUT2D eigenvalue weighted by Gasteiger charge is -2.17. The highest BCUT2D eigenvalue weighted by atomic mass is 35.5. The molecule has 2 aromatic rings. The fourth-order valence-electron chi connectivity index (χ4n) is 2.46. The van der Waals surface area contributed by atoms with E-state index in [-0.39, 0.29) is 16.6 Å². The Balaban J connectivity index is 1.88. The van der Waals surface area contributed by atoms with E-state index in [2.05, 4.69) is 5.32 Å². The minimum Gasteiger partial charge on any atom is -0.452 e. The summed E-state index contributed by atoms with van der Waals surface area (Å²) < 4.78 is 18.5. The molecular formula is C21H21ClFNO3. The standard InChI is InChI=1S/C21H21ClFNO3/c1-3-19(15-9-7-14(2)8-10-15)24-20(25)13-27-21(26)12-11-16-17(22)5-4-6-18(16)23/h4-12,19H,3,13H2,1-2H3,(H,24,25)/b12-11+/t19-/m1/s1. The summed E-state index contributed by atoms with van der Waals surface area (Å²) in [7, 11) is 0. The summed E-state index contributed by atoms with van der Waals surface area (Å²) in [6, 6.07) is 11.9. The lowest BCUT2D eigenvalue weighted by molar-refractivity contribution is -0.144. The zero-order chi connectivity index (χ0) is 19.8. The van der Waals surface area contributed by atoms with Crippen molar-refractivity contribution in [2.24, 2.45) is 0 Å². The van der Waals surface area contributed by atoms with Crippen molar-refractivity contribution in [2.75, 3.05) is 6.61 Å². The first kappa shape index (κ1) is 20.6. The highest BCUT2D eigenvalue weighted by Gasteiger charge is 2.14. The molecule has 27 heavy (non-hydrogen) atoms. The second-order valence-corrected chi connectivity index (χ2v) is 6.42. The number of benzene rings is 2. The number of ether oxygens (including phenoxy) is 1. The van der Waals surface area contributed by atoms with E-state index in [1.165, 1.54) is 24.3 Å². The molecule has 0 aromatic heterocycles. The molecule has 0 saturated carbocycles. The molecule has 0 spiro atoms. The van der Waals surface area contributed by atoms with Crippen LogP contribution < -0.4 is 5.32 Å². The maximum absolute atomic E-state index is 13.6. The van der Waals surface area contributed by atoms with Crippen LogP contribution in [0.5, 0.6) is 0 Å². The first-order valence-corrected chi connectivity index (χ1v) is 8.93. The Bertz CT molecular complexity index is 814. The maximum atomic E-state index is 13.6. The third-order valence-electron chi connectivity index (χ3n) is 3.95. The number of esters is 1. The molecule has 0 fully saturated rings. The maximum Gasteiger partial charge on any atom is 0.331 e. The average molecular weight is 390 g/mol. The van der Waals surface area contributed by atoms with Crippen LogP contribution in [0.4, 0.5) is 4.39 Å². The monoisotopic (exact) mass is 389 g/mol. The van der Waals surface area contributed by atoms with Gasteiger partial charge in [0.1, 0.15) is 5.82 Å². The molecule has 1 N–H and O–H groups in total. The number of nitrogens with one attached hydrogen (secondary N) is 1. The molecule has 6 heteroatoms. The Kier molecular flexibility index (Phi) is 7.55. The first-order chi connectivity index (χ1) is 12.9. The van der Waals surface area contributed by atoms with Gasteiger partial charge in [-0.05, 0) is 37.1 Å². The number of rotatable bonds is 7. The van der Waals surface area contributed by atoms with Crippen LogP contribution in [0.3, 0.4) is 0 Å². The van der Waals surface area contributed by atoms with Crippen LogP contribution in [0.15, 0.2) is 48.5 Å². The van der Waals surface area contributed by atoms with Crippen molar-refractivity contribution in [1.29, 1.82) is 0 Å². The van der Waals surface area contributed by atoms with Crippen LogP contribution >= 0.6 is 11.6 Å². The molecule has 0 heterocycles. The Hall–Kier alpha value is -2.66. The summed E-state index contributed by atoms with van der Waals surface area (Å²) in [4.78, 5) is 23.8. The largest absolute Gasteiger partial charge is 0.452 e. The summed E-state index contributed by atoms with van der Waals surface area (Å²) in [5, 5.41) is 3.01. The molecular weight excluding hydrogens is 369 g/mol. The highest BCUT2D eigenvalue weighted by Crippen LogP contribution is 2.20. The normalized spacial score (nSPS) is 12.0. The molecule has 1 amide bonds. The van der Waals surface area contributed by atoms with Crippen molar-refractivity contribution in [3.63, 3.8) is 0 Å². The summed E-state index contributed by atoms with van der Waals surface area (Å²) in [5.74, 6) is -1.71. The van der Waals surface area contributed by atoms with Crippen LogP contribution in [-0.2, 0) is 14.3 Å². The van der Waals surface area contributed by atoms with E-state index in [9.17, 15) is 14.0 Å². The van der Waals surface area contributed by atoms with E-state index in [1.54, 1.807) is 0 Å². The van der Waals surface area contributed by atoms with Gasteiger partial charge < -0.3 is 10.1 Å². The van der Waals surface area contributed by atoms with Gasteiger partial charge in [0.2, 0.25) is 0 Å². The highest BCUT2D eigenvalue weighted by molar-refractivity contribution is 6.32. The number of carbonyl (C=O) groups is 2. The van der Waals surface area contributed by atoms with Gasteiger partial charge in [0.15, 0.2) is 6.61 Å². The topological polar surface area (TPSA) is 55.4 Å². The van der Waals surface area contributed by atoms with E-state index in [1.807, 2.05) is 38.1 Å². The van der Waals surface area contributed by atoms with Crippen LogP contribution in [0.25, 0.3) is 6.08 Å². The molecule has 0 bridgehead atoms. The van der Waals surface area contributed by atoms with E-state index in [4.69, 9.17) is 16.3 Å². The minimum absolute atomic E-state index is 0.0889. The van der Waals surface area contributed by atoms with Crippen molar-refractivity contribution < 1.29 is 18.7 Å². The molecule has 2 rings (SSSR count). The van der Waals surface area contributed by atoms with Gasteiger partial charge in [-0.3, -0.25) is 4.79 Å². The molecule has 2 aromatic carbocycles. The number of aryl methyl sites for hydroxylation is 1. The molecule has 1 atom stereocenters. The van der Waals surface area contributed by atoms with Gasteiger partial charge in [-0.25, -0.2) is 9.18 Å². The van der Waals surface area contributed by atoms with Crippen molar-refractivity contribution >= 4 is 29.6 Å². The molecule has 0 saturated heterocycles. The van der Waals surface area contributed by atoms with Crippen LogP contribution in [0.2, 0.25) is 5.02 Å². The van der Waals surface area contributed by atoms with E-state index < -0.39 is 24.3 Å². The van der Waals surface area contributed by atoms with Gasteiger partial charge in [-0.2, -0.15) is 0 Å². The van der Waals surface area contributed by atoms with Gasteiger partial charge in [0.25, 0.3) is 5.91 Å². The summed E-state index contributed by atoms with van der Waals surface area (Å²) >= 11 is 5.87. The van der Waals surface area contributed by atoms with Crippen LogP contribution in [0, 0.1) is 12.7 Å². The SMILES string of the molecule is CC[C@@H](NC(=O)COC(=O)/C=C/c1c(F)cccc1Cl)c1ccc(C)cc1. The summed E-state index contributed by atoms with van der Waals surface area (Å²) in [5.41, 5.74) is 2.21. The fourth-order valence-corrected chi connectivity index (χ4v) is 2.69. The fraction of sp³-hybridized carbons (Fsp3) is 0.238. The van der Waals surface area contributed by atoms with E-state index in [0.29, 0.717) is 6.42 Å². The predicted octanol–water partition coefficient (Wildman–Crippen LogP) is 4.61. The number of hydrogen-bond acceptors (Lipinski definition) is 3.